The summed E-state index contributed by atoms with van der Waals surface area (Å²) < 4.78 is 0. The molecule has 1 aliphatic carbocycles. The first-order valence-corrected chi connectivity index (χ1v) is 5.15. The van der Waals surface area contributed by atoms with Gasteiger partial charge in [-0.1, -0.05) is 38.2 Å². The van der Waals surface area contributed by atoms with Crippen LogP contribution in [0.5, 0.6) is 0 Å². The van der Waals surface area contributed by atoms with Crippen LogP contribution in [0, 0.1) is 12.3 Å². The van der Waals surface area contributed by atoms with Crippen LogP contribution in [0.25, 0.3) is 0 Å². The molecular formula is C14H22. The van der Waals surface area contributed by atoms with Gasteiger partial charge in [0, 0.05) is 0 Å². The second-order valence-electron chi connectivity index (χ2n) is 2.45. The number of terminal acetylenes is 1. The lowest BCUT2D eigenvalue weighted by Crippen LogP contribution is -1.75. The quantitative estimate of drug-likeness (QED) is 0.493. The monoisotopic (exact) mass is 190 g/mol. The van der Waals surface area contributed by atoms with Crippen molar-refractivity contribution >= 4 is 0 Å². The molecule has 0 bridgehead atoms. The van der Waals surface area contributed by atoms with Gasteiger partial charge in [0.1, 0.15) is 0 Å². The molecule has 0 heterocycles. The predicted octanol–water partition coefficient (Wildman–Crippen LogP) is 4.50. The van der Waals surface area contributed by atoms with E-state index in [2.05, 4.69) is 50.5 Å². The average Bonchev–Trinajstić information content (AvgIpc) is 2.69. The number of allylic oxidation sites excluding steroid dienone is 6. The van der Waals surface area contributed by atoms with Gasteiger partial charge in [0.05, 0.1) is 0 Å². The topological polar surface area (TPSA) is 0 Å². The van der Waals surface area contributed by atoms with E-state index in [0.29, 0.717) is 0 Å². The van der Waals surface area contributed by atoms with Crippen LogP contribution in [0.1, 0.15) is 41.0 Å². The summed E-state index contributed by atoms with van der Waals surface area (Å²) in [7, 11) is 0. The third kappa shape index (κ3) is 6.31. The van der Waals surface area contributed by atoms with E-state index in [1.165, 1.54) is 11.1 Å². The van der Waals surface area contributed by atoms with Crippen molar-refractivity contribution in [2.45, 2.75) is 41.0 Å². The maximum Gasteiger partial charge on any atom is -0.00297 e. The second-order valence-corrected chi connectivity index (χ2v) is 2.45. The molecule has 0 saturated carbocycles. The van der Waals surface area contributed by atoms with Crippen molar-refractivity contribution in [3.05, 3.63) is 35.5 Å². The first-order chi connectivity index (χ1) is 6.79. The Morgan fingerprint density at radius 3 is 2.07 bits per heavy atom. The van der Waals surface area contributed by atoms with Gasteiger partial charge in [0.25, 0.3) is 0 Å². The van der Waals surface area contributed by atoms with Gasteiger partial charge in [-0.05, 0) is 38.3 Å². The summed E-state index contributed by atoms with van der Waals surface area (Å²) in [5, 5.41) is 0. The molecule has 0 aromatic heterocycles. The summed E-state index contributed by atoms with van der Waals surface area (Å²) in [6, 6.07) is 0. The first kappa shape index (κ1) is 15.3. The smallest absolute Gasteiger partial charge is 0.00297 e. The van der Waals surface area contributed by atoms with Crippen LogP contribution in [0.15, 0.2) is 35.5 Å². The Balaban J connectivity index is 0. The van der Waals surface area contributed by atoms with Crippen molar-refractivity contribution in [3.8, 4) is 12.3 Å². The Morgan fingerprint density at radius 2 is 1.79 bits per heavy atom. The Morgan fingerprint density at radius 1 is 1.29 bits per heavy atom. The highest BCUT2D eigenvalue weighted by atomic mass is 14.1. The zero-order valence-corrected chi connectivity index (χ0v) is 10.1. The van der Waals surface area contributed by atoms with Crippen LogP contribution in [0.2, 0.25) is 0 Å². The SMILES string of the molecule is C#CC.C/C=C1/C=CC/C1=C/C.CC. The lowest BCUT2D eigenvalue weighted by Gasteiger charge is -1.94. The summed E-state index contributed by atoms with van der Waals surface area (Å²) >= 11 is 0. The Kier molecular flexibility index (Phi) is 12.8. The lowest BCUT2D eigenvalue weighted by atomic mass is 10.1. The van der Waals surface area contributed by atoms with Gasteiger partial charge in [-0.3, -0.25) is 0 Å². The second kappa shape index (κ2) is 11.8. The molecule has 0 nitrogen and oxygen atoms in total. The zero-order valence-electron chi connectivity index (χ0n) is 10.1. The molecule has 0 aromatic rings. The molecule has 0 saturated heterocycles. The lowest BCUT2D eigenvalue weighted by molar-refractivity contribution is 1.29. The molecule has 0 spiro atoms. The third-order valence-electron chi connectivity index (χ3n) is 1.67. The molecule has 0 fully saturated rings. The van der Waals surface area contributed by atoms with Crippen molar-refractivity contribution in [2.24, 2.45) is 0 Å². The molecule has 1 aliphatic rings. The van der Waals surface area contributed by atoms with Gasteiger partial charge in [0.15, 0.2) is 0 Å². The number of rotatable bonds is 0. The fourth-order valence-corrected chi connectivity index (χ4v) is 1.10. The Labute approximate surface area is 89.4 Å². The zero-order chi connectivity index (χ0) is 11.4. The van der Waals surface area contributed by atoms with Gasteiger partial charge in [-0.15, -0.1) is 12.3 Å². The van der Waals surface area contributed by atoms with Crippen LogP contribution in [-0.2, 0) is 0 Å². The number of hydrogen-bond donors (Lipinski definition) is 0. The molecule has 14 heavy (non-hydrogen) atoms. The fourth-order valence-electron chi connectivity index (χ4n) is 1.10. The van der Waals surface area contributed by atoms with Crippen molar-refractivity contribution in [3.63, 3.8) is 0 Å². The Bertz CT molecular complexity index is 244. The number of hydrogen-bond acceptors (Lipinski definition) is 0. The van der Waals surface area contributed by atoms with E-state index in [9.17, 15) is 0 Å². The van der Waals surface area contributed by atoms with Crippen molar-refractivity contribution < 1.29 is 0 Å². The molecular weight excluding hydrogens is 168 g/mol. The standard InChI is InChI=1S/C9H12.C3H4.C2H6/c1-3-8-6-5-7-9(8)4-2;1-3-2;1-2/h3-6H,7H2,1-2H3;1H,2H3;1-2H3/b8-3-,9-4-;;. The first-order valence-electron chi connectivity index (χ1n) is 5.15. The van der Waals surface area contributed by atoms with Crippen LogP contribution in [0.4, 0.5) is 0 Å². The molecule has 78 valence electrons. The van der Waals surface area contributed by atoms with Crippen LogP contribution >= 0.6 is 0 Å². The van der Waals surface area contributed by atoms with E-state index in [4.69, 9.17) is 0 Å². The molecule has 0 aromatic carbocycles. The third-order valence-corrected chi connectivity index (χ3v) is 1.67. The van der Waals surface area contributed by atoms with Crippen molar-refractivity contribution in [1.29, 1.82) is 0 Å². The molecule has 0 heteroatoms. The predicted molar refractivity (Wildman–Crippen MR) is 67.1 cm³/mol. The van der Waals surface area contributed by atoms with Crippen LogP contribution in [-0.4, -0.2) is 0 Å². The summed E-state index contributed by atoms with van der Waals surface area (Å²) in [6.07, 6.45) is 14.4. The van der Waals surface area contributed by atoms with Gasteiger partial charge >= 0.3 is 0 Å². The summed E-state index contributed by atoms with van der Waals surface area (Å²) in [5.74, 6) is 2.25. The largest absolute Gasteiger partial charge is 0.120 e. The summed E-state index contributed by atoms with van der Waals surface area (Å²) in [4.78, 5) is 0. The molecule has 0 N–H and O–H groups in total. The van der Waals surface area contributed by atoms with Crippen LogP contribution < -0.4 is 0 Å². The van der Waals surface area contributed by atoms with E-state index in [-0.39, 0.29) is 0 Å². The van der Waals surface area contributed by atoms with Gasteiger partial charge in [0.2, 0.25) is 0 Å². The summed E-state index contributed by atoms with van der Waals surface area (Å²) in [5.41, 5.74) is 2.84. The maximum atomic E-state index is 4.60. The van der Waals surface area contributed by atoms with Crippen LogP contribution in [0.3, 0.4) is 0 Å². The maximum absolute atomic E-state index is 4.60. The minimum Gasteiger partial charge on any atom is -0.120 e. The van der Waals surface area contributed by atoms with E-state index < -0.39 is 0 Å². The fraction of sp³-hybridized carbons (Fsp3) is 0.429. The Hall–Kier alpha value is -1.22. The highest BCUT2D eigenvalue weighted by Gasteiger charge is 2.02. The van der Waals surface area contributed by atoms with Crippen molar-refractivity contribution in [2.75, 3.05) is 0 Å². The highest BCUT2D eigenvalue weighted by molar-refractivity contribution is 5.45. The molecule has 0 radical (unpaired) electrons. The van der Waals surface area contributed by atoms with E-state index in [1.807, 2.05) is 13.8 Å². The molecule has 1 rings (SSSR count). The van der Waals surface area contributed by atoms with Gasteiger partial charge in [-0.25, -0.2) is 0 Å². The van der Waals surface area contributed by atoms with Crippen molar-refractivity contribution in [1.82, 2.24) is 0 Å². The summed E-state index contributed by atoms with van der Waals surface area (Å²) in [6.45, 7) is 9.82. The van der Waals surface area contributed by atoms with E-state index in [1.54, 1.807) is 6.92 Å². The molecule has 0 aliphatic heterocycles. The minimum absolute atomic E-state index is 1.12. The highest BCUT2D eigenvalue weighted by Crippen LogP contribution is 2.22. The average molecular weight is 190 g/mol. The minimum atomic E-state index is 1.12. The van der Waals surface area contributed by atoms with Gasteiger partial charge in [-0.2, -0.15) is 0 Å². The normalized spacial score (nSPS) is 18.0. The van der Waals surface area contributed by atoms with Gasteiger partial charge < -0.3 is 0 Å². The molecule has 0 amide bonds. The molecule has 0 atom stereocenters. The molecule has 0 unspecified atom stereocenters. The van der Waals surface area contributed by atoms with E-state index in [0.717, 1.165) is 6.42 Å². The van der Waals surface area contributed by atoms with E-state index >= 15 is 0 Å².